The number of carbonyl (C=O) groups excluding carboxylic acids is 1. The minimum atomic E-state index is -1.61. The molecule has 26 heavy (non-hydrogen) atoms. The molecule has 3 N–H and O–H groups in total. The molecule has 0 aliphatic heterocycles. The Bertz CT molecular complexity index is 795. The molecule has 0 fully saturated rings. The zero-order chi connectivity index (χ0) is 18.9. The van der Waals surface area contributed by atoms with Crippen molar-refractivity contribution >= 4 is 12.1 Å². The molecule has 0 radical (unpaired) electrons. The van der Waals surface area contributed by atoms with Crippen molar-refractivity contribution in [1.29, 1.82) is 0 Å². The normalized spacial score (nSPS) is 14.3. The first kappa shape index (κ1) is 17.9. The largest absolute Gasteiger partial charge is 0.480 e. The maximum Gasteiger partial charge on any atom is 0.407 e. The molecule has 2 aromatic carbocycles. The molecule has 0 heterocycles. The second-order valence-electron chi connectivity index (χ2n) is 6.89. The smallest absolute Gasteiger partial charge is 0.407 e. The van der Waals surface area contributed by atoms with Crippen molar-refractivity contribution in [3.8, 4) is 11.1 Å². The molecular weight excluding hydrogens is 334 g/mol. The van der Waals surface area contributed by atoms with Gasteiger partial charge in [0.1, 0.15) is 6.61 Å². The van der Waals surface area contributed by atoms with E-state index in [1.165, 1.54) is 13.8 Å². The highest BCUT2D eigenvalue weighted by Gasteiger charge is 2.36. The average molecular weight is 355 g/mol. The van der Waals surface area contributed by atoms with Crippen LogP contribution >= 0.6 is 0 Å². The fraction of sp³-hybridized carbons (Fsp3) is 0.300. The van der Waals surface area contributed by atoms with Gasteiger partial charge in [0.2, 0.25) is 0 Å². The standard InChI is InChI=1S/C20H21NO5/c1-20(2,25)17(18(22)23)21-19(24)26-11-16-14-9-5-3-7-12(14)13-8-4-6-10-15(13)16/h3-10,16-17,25H,11H2,1-2H3,(H,21,24)(H,22,23)/t17-/m0/s1. The van der Waals surface area contributed by atoms with Gasteiger partial charge in [-0.15, -0.1) is 0 Å². The van der Waals surface area contributed by atoms with Crippen LogP contribution in [0.1, 0.15) is 30.9 Å². The maximum absolute atomic E-state index is 12.1. The molecule has 2 aromatic rings. The Hall–Kier alpha value is -2.86. The number of alkyl carbamates (subject to hydrolysis) is 1. The van der Waals surface area contributed by atoms with Gasteiger partial charge in [-0.1, -0.05) is 48.5 Å². The average Bonchev–Trinajstić information content (AvgIpc) is 2.91. The summed E-state index contributed by atoms with van der Waals surface area (Å²) in [7, 11) is 0. The van der Waals surface area contributed by atoms with Crippen LogP contribution in [0, 0.1) is 0 Å². The van der Waals surface area contributed by atoms with Gasteiger partial charge < -0.3 is 20.3 Å². The number of carboxylic acids is 1. The Kier molecular flexibility index (Phi) is 4.70. The number of fused-ring (bicyclic) bond motifs is 3. The van der Waals surface area contributed by atoms with Gasteiger partial charge in [0.25, 0.3) is 0 Å². The number of aliphatic hydroxyl groups is 1. The summed E-state index contributed by atoms with van der Waals surface area (Å²) in [6, 6.07) is 14.4. The first-order chi connectivity index (χ1) is 12.3. The monoisotopic (exact) mass is 355 g/mol. The summed E-state index contributed by atoms with van der Waals surface area (Å²) in [5, 5.41) is 21.3. The van der Waals surface area contributed by atoms with Crippen molar-refractivity contribution < 1.29 is 24.5 Å². The summed E-state index contributed by atoms with van der Waals surface area (Å²) in [4.78, 5) is 23.3. The van der Waals surface area contributed by atoms with Gasteiger partial charge in [0.15, 0.2) is 6.04 Å². The lowest BCUT2D eigenvalue weighted by Gasteiger charge is -2.26. The minimum Gasteiger partial charge on any atom is -0.480 e. The number of nitrogens with one attached hydrogen (secondary N) is 1. The van der Waals surface area contributed by atoms with E-state index in [1.807, 2.05) is 48.5 Å². The van der Waals surface area contributed by atoms with Gasteiger partial charge in [-0.2, -0.15) is 0 Å². The molecule has 0 unspecified atom stereocenters. The Balaban J connectivity index is 1.74. The molecular formula is C20H21NO5. The van der Waals surface area contributed by atoms with Gasteiger partial charge in [0, 0.05) is 5.92 Å². The zero-order valence-electron chi connectivity index (χ0n) is 14.6. The molecule has 1 atom stereocenters. The van der Waals surface area contributed by atoms with E-state index in [4.69, 9.17) is 9.84 Å². The van der Waals surface area contributed by atoms with Crippen molar-refractivity contribution in [2.45, 2.75) is 31.4 Å². The van der Waals surface area contributed by atoms with E-state index >= 15 is 0 Å². The van der Waals surface area contributed by atoms with Gasteiger partial charge in [-0.05, 0) is 36.1 Å². The number of aliphatic carboxylic acids is 1. The maximum atomic E-state index is 12.1. The Morgan fingerprint density at radius 2 is 1.58 bits per heavy atom. The highest BCUT2D eigenvalue weighted by molar-refractivity contribution is 5.81. The molecule has 0 saturated carbocycles. The molecule has 0 aromatic heterocycles. The molecule has 0 spiro atoms. The first-order valence-corrected chi connectivity index (χ1v) is 8.35. The summed E-state index contributed by atoms with van der Waals surface area (Å²) in [6.45, 7) is 2.71. The van der Waals surface area contributed by atoms with Crippen LogP contribution in [-0.4, -0.2) is 40.5 Å². The molecule has 6 nitrogen and oxygen atoms in total. The van der Waals surface area contributed by atoms with Gasteiger partial charge in [0.05, 0.1) is 5.60 Å². The Morgan fingerprint density at radius 3 is 2.04 bits per heavy atom. The van der Waals surface area contributed by atoms with Crippen LogP contribution in [0.25, 0.3) is 11.1 Å². The first-order valence-electron chi connectivity index (χ1n) is 8.35. The molecule has 1 aliphatic carbocycles. The molecule has 6 heteroatoms. The lowest BCUT2D eigenvalue weighted by Crippen LogP contribution is -2.54. The summed E-state index contributed by atoms with van der Waals surface area (Å²) < 4.78 is 5.29. The second-order valence-corrected chi connectivity index (χ2v) is 6.89. The van der Waals surface area contributed by atoms with E-state index in [-0.39, 0.29) is 12.5 Å². The quantitative estimate of drug-likeness (QED) is 0.766. The second kappa shape index (κ2) is 6.80. The number of hydrogen-bond acceptors (Lipinski definition) is 4. The fourth-order valence-corrected chi connectivity index (χ4v) is 3.30. The molecule has 0 saturated heterocycles. The van der Waals surface area contributed by atoms with Crippen LogP contribution in [0.2, 0.25) is 0 Å². The third kappa shape index (κ3) is 3.41. The van der Waals surface area contributed by atoms with Crippen LogP contribution in [0.15, 0.2) is 48.5 Å². The van der Waals surface area contributed by atoms with Gasteiger partial charge >= 0.3 is 12.1 Å². The number of hydrogen-bond donors (Lipinski definition) is 3. The van der Waals surface area contributed by atoms with Crippen LogP contribution in [0.4, 0.5) is 4.79 Å². The van der Waals surface area contributed by atoms with Crippen LogP contribution in [-0.2, 0) is 9.53 Å². The number of amides is 1. The highest BCUT2D eigenvalue weighted by atomic mass is 16.5. The molecule has 0 bridgehead atoms. The Labute approximate surface area is 151 Å². The molecule has 136 valence electrons. The van der Waals surface area contributed by atoms with Crippen molar-refractivity contribution in [2.24, 2.45) is 0 Å². The van der Waals surface area contributed by atoms with E-state index in [9.17, 15) is 14.7 Å². The van der Waals surface area contributed by atoms with Crippen LogP contribution in [0.3, 0.4) is 0 Å². The number of benzene rings is 2. The van der Waals surface area contributed by atoms with Gasteiger partial charge in [-0.25, -0.2) is 9.59 Å². The van der Waals surface area contributed by atoms with Gasteiger partial charge in [-0.3, -0.25) is 0 Å². The number of carbonyl (C=O) groups is 2. The summed E-state index contributed by atoms with van der Waals surface area (Å²) in [5.41, 5.74) is 2.74. The van der Waals surface area contributed by atoms with E-state index in [0.29, 0.717) is 0 Å². The SMILES string of the molecule is CC(C)(O)[C@@H](NC(=O)OCC1c2ccccc2-c2ccccc21)C(=O)O. The van der Waals surface area contributed by atoms with Crippen molar-refractivity contribution in [2.75, 3.05) is 6.61 Å². The van der Waals surface area contributed by atoms with E-state index in [1.54, 1.807) is 0 Å². The van der Waals surface area contributed by atoms with E-state index < -0.39 is 23.7 Å². The fourth-order valence-electron chi connectivity index (χ4n) is 3.30. The minimum absolute atomic E-state index is 0.0814. The Morgan fingerprint density at radius 1 is 1.08 bits per heavy atom. The third-order valence-corrected chi connectivity index (χ3v) is 4.56. The van der Waals surface area contributed by atoms with E-state index in [0.717, 1.165) is 22.3 Å². The summed E-state index contributed by atoms with van der Waals surface area (Å²) >= 11 is 0. The number of carboxylic acid groups (broad SMARTS) is 1. The molecule has 1 aliphatic rings. The van der Waals surface area contributed by atoms with Crippen molar-refractivity contribution in [3.05, 3.63) is 59.7 Å². The third-order valence-electron chi connectivity index (χ3n) is 4.56. The van der Waals surface area contributed by atoms with Crippen LogP contribution < -0.4 is 5.32 Å². The lowest BCUT2D eigenvalue weighted by atomic mass is 9.98. The predicted octanol–water partition coefficient (Wildman–Crippen LogP) is 2.75. The molecule has 3 rings (SSSR count). The van der Waals surface area contributed by atoms with Crippen LogP contribution in [0.5, 0.6) is 0 Å². The molecule has 1 amide bonds. The van der Waals surface area contributed by atoms with E-state index in [2.05, 4.69) is 5.32 Å². The van der Waals surface area contributed by atoms with Crippen molar-refractivity contribution in [1.82, 2.24) is 5.32 Å². The zero-order valence-corrected chi connectivity index (χ0v) is 14.6. The summed E-state index contributed by atoms with van der Waals surface area (Å²) in [5.74, 6) is -1.44. The predicted molar refractivity (Wildman–Crippen MR) is 95.9 cm³/mol. The topological polar surface area (TPSA) is 95.9 Å². The highest BCUT2D eigenvalue weighted by Crippen LogP contribution is 2.44. The van der Waals surface area contributed by atoms with Crippen molar-refractivity contribution in [3.63, 3.8) is 0 Å². The number of rotatable bonds is 5. The lowest BCUT2D eigenvalue weighted by molar-refractivity contribution is -0.145. The summed E-state index contributed by atoms with van der Waals surface area (Å²) in [6.07, 6.45) is -0.874. The number of ether oxygens (including phenoxy) is 1.